The minimum absolute atomic E-state index is 0.00799. The van der Waals surface area contributed by atoms with Crippen molar-refractivity contribution < 1.29 is 19.0 Å². The van der Waals surface area contributed by atoms with Gasteiger partial charge in [0, 0.05) is 32.7 Å². The van der Waals surface area contributed by atoms with Gasteiger partial charge in [0.2, 0.25) is 12.7 Å². The SMILES string of the molecule is CCOc1ccccc1NC(=O)[C@H](C)N1CCN(Cc2ccc3c(c2)OCO3)CC1. The molecule has 2 aliphatic rings. The number of hydrogen-bond donors (Lipinski definition) is 1. The molecule has 30 heavy (non-hydrogen) atoms. The van der Waals surface area contributed by atoms with Gasteiger partial charge in [-0.1, -0.05) is 18.2 Å². The van der Waals surface area contributed by atoms with Gasteiger partial charge in [-0.05, 0) is 43.7 Å². The van der Waals surface area contributed by atoms with Crippen molar-refractivity contribution in [3.8, 4) is 17.2 Å². The third kappa shape index (κ3) is 4.68. The number of carbonyl (C=O) groups is 1. The smallest absolute Gasteiger partial charge is 0.241 e. The molecule has 2 aromatic carbocycles. The van der Waals surface area contributed by atoms with Crippen molar-refractivity contribution in [2.75, 3.05) is 44.9 Å². The molecule has 7 heteroatoms. The van der Waals surface area contributed by atoms with Gasteiger partial charge in [0.25, 0.3) is 0 Å². The number of fused-ring (bicyclic) bond motifs is 1. The van der Waals surface area contributed by atoms with E-state index in [2.05, 4.69) is 27.2 Å². The van der Waals surface area contributed by atoms with Crippen LogP contribution >= 0.6 is 0 Å². The van der Waals surface area contributed by atoms with Crippen LogP contribution < -0.4 is 19.5 Å². The van der Waals surface area contributed by atoms with E-state index in [0.29, 0.717) is 19.1 Å². The van der Waals surface area contributed by atoms with Crippen LogP contribution in [-0.4, -0.2) is 61.3 Å². The molecule has 2 aliphatic heterocycles. The minimum Gasteiger partial charge on any atom is -0.492 e. The van der Waals surface area contributed by atoms with Crippen LogP contribution in [0.25, 0.3) is 0 Å². The number of rotatable bonds is 7. The van der Waals surface area contributed by atoms with Crippen molar-refractivity contribution in [1.82, 2.24) is 9.80 Å². The summed E-state index contributed by atoms with van der Waals surface area (Å²) in [7, 11) is 0. The molecular weight excluding hydrogens is 382 g/mol. The van der Waals surface area contributed by atoms with E-state index in [1.54, 1.807) is 0 Å². The fourth-order valence-electron chi connectivity index (χ4n) is 3.86. The van der Waals surface area contributed by atoms with Gasteiger partial charge in [0.05, 0.1) is 18.3 Å². The molecule has 0 bridgehead atoms. The van der Waals surface area contributed by atoms with Crippen molar-refractivity contribution in [2.24, 2.45) is 0 Å². The fraction of sp³-hybridized carbons (Fsp3) is 0.435. The number of benzene rings is 2. The lowest BCUT2D eigenvalue weighted by Crippen LogP contribution is -2.52. The van der Waals surface area contributed by atoms with Crippen LogP contribution in [0.3, 0.4) is 0 Å². The maximum atomic E-state index is 12.8. The van der Waals surface area contributed by atoms with Gasteiger partial charge in [-0.15, -0.1) is 0 Å². The van der Waals surface area contributed by atoms with E-state index in [0.717, 1.165) is 49.9 Å². The van der Waals surface area contributed by atoms with E-state index in [1.807, 2.05) is 44.2 Å². The second kappa shape index (κ2) is 9.36. The van der Waals surface area contributed by atoms with Crippen LogP contribution in [-0.2, 0) is 11.3 Å². The van der Waals surface area contributed by atoms with Gasteiger partial charge in [-0.3, -0.25) is 14.6 Å². The highest BCUT2D eigenvalue weighted by Crippen LogP contribution is 2.33. The third-order valence-corrected chi connectivity index (χ3v) is 5.62. The fourth-order valence-corrected chi connectivity index (χ4v) is 3.86. The van der Waals surface area contributed by atoms with E-state index < -0.39 is 0 Å². The van der Waals surface area contributed by atoms with Gasteiger partial charge in [0.15, 0.2) is 11.5 Å². The first-order valence-electron chi connectivity index (χ1n) is 10.5. The predicted octanol–water partition coefficient (Wildman–Crippen LogP) is 2.96. The number of hydrogen-bond acceptors (Lipinski definition) is 6. The zero-order valence-electron chi connectivity index (χ0n) is 17.6. The Morgan fingerprint density at radius 2 is 1.87 bits per heavy atom. The Labute approximate surface area is 177 Å². The topological polar surface area (TPSA) is 63.3 Å². The highest BCUT2D eigenvalue weighted by Gasteiger charge is 2.26. The van der Waals surface area contributed by atoms with Crippen molar-refractivity contribution >= 4 is 11.6 Å². The summed E-state index contributed by atoms with van der Waals surface area (Å²) < 4.78 is 16.5. The quantitative estimate of drug-likeness (QED) is 0.756. The van der Waals surface area contributed by atoms with Gasteiger partial charge in [0.1, 0.15) is 5.75 Å². The lowest BCUT2D eigenvalue weighted by Gasteiger charge is -2.37. The Kier molecular flexibility index (Phi) is 6.40. The number of ether oxygens (including phenoxy) is 3. The Balaban J connectivity index is 1.29. The summed E-state index contributed by atoms with van der Waals surface area (Å²) in [4.78, 5) is 17.4. The summed E-state index contributed by atoms with van der Waals surface area (Å²) >= 11 is 0. The largest absolute Gasteiger partial charge is 0.492 e. The summed E-state index contributed by atoms with van der Waals surface area (Å²) in [6.45, 7) is 9.17. The summed E-state index contributed by atoms with van der Waals surface area (Å²) in [6, 6.07) is 13.5. The van der Waals surface area contributed by atoms with Crippen molar-refractivity contribution in [1.29, 1.82) is 0 Å². The minimum atomic E-state index is -0.202. The predicted molar refractivity (Wildman–Crippen MR) is 115 cm³/mol. The van der Waals surface area contributed by atoms with Crippen molar-refractivity contribution in [3.63, 3.8) is 0 Å². The monoisotopic (exact) mass is 411 g/mol. The van der Waals surface area contributed by atoms with Gasteiger partial charge < -0.3 is 19.5 Å². The first-order chi connectivity index (χ1) is 14.6. The standard InChI is InChI=1S/C23H29N3O4/c1-3-28-20-7-5-4-6-19(20)24-23(27)17(2)26-12-10-25(11-13-26)15-18-8-9-21-22(14-18)30-16-29-21/h4-9,14,17H,3,10-13,15-16H2,1-2H3,(H,24,27)/t17-/m0/s1. The van der Waals surface area contributed by atoms with Crippen molar-refractivity contribution in [3.05, 3.63) is 48.0 Å². The Morgan fingerprint density at radius 3 is 2.67 bits per heavy atom. The average Bonchev–Trinajstić information content (AvgIpc) is 3.23. The molecule has 0 spiro atoms. The molecule has 1 fully saturated rings. The molecule has 0 aromatic heterocycles. The van der Waals surface area contributed by atoms with Gasteiger partial charge in [-0.25, -0.2) is 0 Å². The zero-order valence-corrected chi connectivity index (χ0v) is 17.6. The van der Waals surface area contributed by atoms with Crippen LogP contribution in [0, 0.1) is 0 Å². The Bertz CT molecular complexity index is 881. The first-order valence-corrected chi connectivity index (χ1v) is 10.5. The molecule has 0 saturated carbocycles. The second-order valence-corrected chi connectivity index (χ2v) is 7.59. The molecule has 0 unspecified atom stereocenters. The number of nitrogens with one attached hydrogen (secondary N) is 1. The normalized spacial score (nSPS) is 17.5. The molecule has 2 heterocycles. The van der Waals surface area contributed by atoms with E-state index >= 15 is 0 Å². The van der Waals surface area contributed by atoms with Crippen LogP contribution in [0.2, 0.25) is 0 Å². The molecule has 1 N–H and O–H groups in total. The van der Waals surface area contributed by atoms with Crippen LogP contribution in [0.4, 0.5) is 5.69 Å². The lowest BCUT2D eigenvalue weighted by atomic mass is 10.1. The average molecular weight is 412 g/mol. The van der Waals surface area contributed by atoms with E-state index in [9.17, 15) is 4.79 Å². The summed E-state index contributed by atoms with van der Waals surface area (Å²) in [5, 5.41) is 3.02. The molecular formula is C23H29N3O4. The highest BCUT2D eigenvalue weighted by molar-refractivity contribution is 5.95. The summed E-state index contributed by atoms with van der Waals surface area (Å²) in [5.74, 6) is 2.33. The second-order valence-electron chi connectivity index (χ2n) is 7.59. The zero-order chi connectivity index (χ0) is 20.9. The van der Waals surface area contributed by atoms with Crippen LogP contribution in [0.1, 0.15) is 19.4 Å². The van der Waals surface area contributed by atoms with Gasteiger partial charge in [-0.2, -0.15) is 0 Å². The van der Waals surface area contributed by atoms with E-state index in [-0.39, 0.29) is 11.9 Å². The molecule has 1 saturated heterocycles. The maximum Gasteiger partial charge on any atom is 0.241 e. The number of nitrogens with zero attached hydrogens (tertiary/aromatic N) is 2. The molecule has 1 atom stereocenters. The molecule has 7 nitrogen and oxygen atoms in total. The number of carbonyl (C=O) groups excluding carboxylic acids is 1. The number of piperazine rings is 1. The first kappa shape index (κ1) is 20.5. The number of amides is 1. The molecule has 0 aliphatic carbocycles. The summed E-state index contributed by atoms with van der Waals surface area (Å²) in [6.07, 6.45) is 0. The summed E-state index contributed by atoms with van der Waals surface area (Å²) in [5.41, 5.74) is 1.93. The Morgan fingerprint density at radius 1 is 1.10 bits per heavy atom. The van der Waals surface area contributed by atoms with Crippen molar-refractivity contribution in [2.45, 2.75) is 26.4 Å². The molecule has 4 rings (SSSR count). The lowest BCUT2D eigenvalue weighted by molar-refractivity contribution is -0.121. The highest BCUT2D eigenvalue weighted by atomic mass is 16.7. The number of anilines is 1. The van der Waals surface area contributed by atoms with Gasteiger partial charge >= 0.3 is 0 Å². The number of para-hydroxylation sites is 2. The van der Waals surface area contributed by atoms with E-state index in [4.69, 9.17) is 14.2 Å². The molecule has 160 valence electrons. The van der Waals surface area contributed by atoms with Crippen LogP contribution in [0.15, 0.2) is 42.5 Å². The van der Waals surface area contributed by atoms with Crippen LogP contribution in [0.5, 0.6) is 17.2 Å². The molecule has 2 aromatic rings. The Hall–Kier alpha value is -2.77. The van der Waals surface area contributed by atoms with E-state index in [1.165, 1.54) is 5.56 Å². The molecule has 0 radical (unpaired) electrons. The molecule has 1 amide bonds. The third-order valence-electron chi connectivity index (χ3n) is 5.62. The maximum absolute atomic E-state index is 12.8.